The molecule has 0 spiro atoms. The van der Waals surface area contributed by atoms with E-state index in [1.54, 1.807) is 12.1 Å². The average Bonchev–Trinajstić information content (AvgIpc) is 3.39. The van der Waals surface area contributed by atoms with E-state index in [0.29, 0.717) is 13.1 Å². The normalized spacial score (nSPS) is 14.5. The Hall–Kier alpha value is -4.12. The molecule has 0 aliphatic carbocycles. The molecule has 5 rings (SSSR count). The zero-order chi connectivity index (χ0) is 24.6. The van der Waals surface area contributed by atoms with Crippen molar-refractivity contribution in [2.75, 3.05) is 6.54 Å². The molecule has 2 nitrogen and oxygen atoms in total. The summed E-state index contributed by atoms with van der Waals surface area (Å²) in [6.07, 6.45) is 3.42. The van der Waals surface area contributed by atoms with Crippen molar-refractivity contribution in [2.45, 2.75) is 12.7 Å². The Morgan fingerprint density at radius 3 is 2.31 bits per heavy atom. The lowest BCUT2D eigenvalue weighted by Gasteiger charge is -2.12. The lowest BCUT2D eigenvalue weighted by molar-refractivity contribution is -0.419. The largest absolute Gasteiger partial charge is 0.416 e. The van der Waals surface area contributed by atoms with Gasteiger partial charge in [-0.05, 0) is 35.9 Å². The van der Waals surface area contributed by atoms with Crippen molar-refractivity contribution in [3.05, 3.63) is 127 Å². The third kappa shape index (κ3) is 4.03. The number of fused-ring (bicyclic) bond motifs is 2. The predicted molar refractivity (Wildman–Crippen MR) is 137 cm³/mol. The van der Waals surface area contributed by atoms with Crippen LogP contribution in [0.1, 0.15) is 22.3 Å². The third-order valence-electron chi connectivity index (χ3n) is 6.27. The first-order valence-corrected chi connectivity index (χ1v) is 11.3. The van der Waals surface area contributed by atoms with E-state index in [4.69, 9.17) is 0 Å². The Morgan fingerprint density at radius 2 is 1.60 bits per heavy atom. The van der Waals surface area contributed by atoms with Gasteiger partial charge in [0, 0.05) is 40.8 Å². The molecular formula is C30H24F3N2+. The van der Waals surface area contributed by atoms with Crippen LogP contribution in [0.2, 0.25) is 0 Å². The SMILES string of the molecule is C=CCn1cc(C(=C2C=[N+](CC=C)c3ccccc32)c2ccc(C(F)(F)F)cc2)c2ccccc21. The molecule has 174 valence electrons. The number of hydrogen-bond donors (Lipinski definition) is 0. The van der Waals surface area contributed by atoms with Crippen molar-refractivity contribution >= 4 is 34.0 Å². The molecular weight excluding hydrogens is 445 g/mol. The summed E-state index contributed by atoms with van der Waals surface area (Å²) in [7, 11) is 0. The number of alkyl halides is 3. The van der Waals surface area contributed by atoms with Gasteiger partial charge in [-0.25, -0.2) is 0 Å². The van der Waals surface area contributed by atoms with Crippen LogP contribution in [0.4, 0.5) is 18.9 Å². The van der Waals surface area contributed by atoms with Gasteiger partial charge < -0.3 is 4.57 Å². The molecule has 0 bridgehead atoms. The summed E-state index contributed by atoms with van der Waals surface area (Å²) in [6.45, 7) is 9.02. The first-order chi connectivity index (χ1) is 16.9. The zero-order valence-corrected chi connectivity index (χ0v) is 19.1. The van der Waals surface area contributed by atoms with E-state index in [1.807, 2.05) is 48.6 Å². The Morgan fingerprint density at radius 1 is 0.886 bits per heavy atom. The average molecular weight is 470 g/mol. The van der Waals surface area contributed by atoms with Crippen LogP contribution in [0, 0.1) is 0 Å². The second kappa shape index (κ2) is 8.91. The van der Waals surface area contributed by atoms with Gasteiger partial charge in [-0.2, -0.15) is 17.7 Å². The first kappa shape index (κ1) is 22.7. The number of nitrogens with zero attached hydrogens (tertiary/aromatic N) is 2. The van der Waals surface area contributed by atoms with E-state index in [2.05, 4.69) is 46.8 Å². The van der Waals surface area contributed by atoms with Gasteiger partial charge in [0.2, 0.25) is 5.69 Å². The minimum atomic E-state index is -4.39. The summed E-state index contributed by atoms with van der Waals surface area (Å²) in [6, 6.07) is 21.6. The lowest BCUT2D eigenvalue weighted by Crippen LogP contribution is -2.05. The van der Waals surface area contributed by atoms with E-state index in [0.717, 1.165) is 56.6 Å². The molecule has 0 amide bonds. The number of halogens is 3. The number of para-hydroxylation sites is 2. The predicted octanol–water partition coefficient (Wildman–Crippen LogP) is 7.72. The number of rotatable bonds is 6. The summed E-state index contributed by atoms with van der Waals surface area (Å²) >= 11 is 0. The fourth-order valence-corrected chi connectivity index (χ4v) is 4.75. The molecule has 0 N–H and O–H groups in total. The molecule has 0 radical (unpaired) electrons. The summed E-state index contributed by atoms with van der Waals surface area (Å²) < 4.78 is 44.2. The van der Waals surface area contributed by atoms with Gasteiger partial charge in [-0.1, -0.05) is 55.1 Å². The highest BCUT2D eigenvalue weighted by molar-refractivity contribution is 6.25. The molecule has 1 aliphatic rings. The fraction of sp³-hybridized carbons (Fsp3) is 0.100. The molecule has 1 aromatic heterocycles. The van der Waals surface area contributed by atoms with Crippen molar-refractivity contribution in [2.24, 2.45) is 0 Å². The van der Waals surface area contributed by atoms with Gasteiger partial charge in [0.1, 0.15) is 0 Å². The van der Waals surface area contributed by atoms with Crippen molar-refractivity contribution in [3.8, 4) is 0 Å². The summed E-state index contributed by atoms with van der Waals surface area (Å²) in [4.78, 5) is 0. The summed E-state index contributed by atoms with van der Waals surface area (Å²) in [5.74, 6) is 0. The van der Waals surface area contributed by atoms with Crippen LogP contribution in [0.5, 0.6) is 0 Å². The maximum absolute atomic E-state index is 13.3. The summed E-state index contributed by atoms with van der Waals surface area (Å²) in [5.41, 5.74) is 5.99. The Bertz CT molecular complexity index is 1500. The highest BCUT2D eigenvalue weighted by Gasteiger charge is 2.32. The maximum Gasteiger partial charge on any atom is 0.416 e. The van der Waals surface area contributed by atoms with E-state index in [1.165, 1.54) is 0 Å². The molecule has 0 saturated heterocycles. The maximum atomic E-state index is 13.3. The molecule has 1 aliphatic heterocycles. The summed E-state index contributed by atoms with van der Waals surface area (Å²) in [5, 5.41) is 1.03. The van der Waals surface area contributed by atoms with Crippen LogP contribution in [-0.4, -0.2) is 21.9 Å². The van der Waals surface area contributed by atoms with Crippen LogP contribution in [0.15, 0.2) is 104 Å². The van der Waals surface area contributed by atoms with Crippen molar-refractivity contribution < 1.29 is 17.7 Å². The van der Waals surface area contributed by atoms with Crippen LogP contribution in [0.25, 0.3) is 22.0 Å². The zero-order valence-electron chi connectivity index (χ0n) is 19.1. The highest BCUT2D eigenvalue weighted by Crippen LogP contribution is 2.42. The number of hydrogen-bond acceptors (Lipinski definition) is 0. The van der Waals surface area contributed by atoms with Crippen LogP contribution in [0.3, 0.4) is 0 Å². The van der Waals surface area contributed by atoms with E-state index >= 15 is 0 Å². The highest BCUT2D eigenvalue weighted by atomic mass is 19.4. The number of benzene rings is 3. The van der Waals surface area contributed by atoms with Crippen LogP contribution < -0.4 is 0 Å². The molecule has 5 heteroatoms. The molecule has 4 aromatic rings. The van der Waals surface area contributed by atoms with Gasteiger partial charge in [0.25, 0.3) is 0 Å². The number of aromatic nitrogens is 1. The van der Waals surface area contributed by atoms with Gasteiger partial charge in [0.05, 0.1) is 16.7 Å². The first-order valence-electron chi connectivity index (χ1n) is 11.3. The topological polar surface area (TPSA) is 7.94 Å². The second-order valence-corrected chi connectivity index (χ2v) is 8.45. The van der Waals surface area contributed by atoms with Crippen LogP contribution >= 0.6 is 0 Å². The Labute approximate surface area is 202 Å². The molecule has 0 saturated carbocycles. The molecule has 0 fully saturated rings. The molecule has 0 unspecified atom stereocenters. The smallest absolute Gasteiger partial charge is 0.343 e. The Kier molecular flexibility index (Phi) is 5.77. The standard InChI is InChI=1S/C30H24F3N2/c1-3-17-34-19-25(23-9-5-7-11-27(23)34)29(21-13-15-22(16-14-21)30(31,32)33)26-20-35(18-4-2)28-12-8-6-10-24(26)28/h3-16,19-20H,1-2,17-18H2/q+1. The van der Waals surface area contributed by atoms with Crippen LogP contribution in [-0.2, 0) is 12.7 Å². The van der Waals surface area contributed by atoms with Gasteiger partial charge in [0.15, 0.2) is 12.8 Å². The molecule has 0 atom stereocenters. The minimum Gasteiger partial charge on any atom is -0.343 e. The molecule has 35 heavy (non-hydrogen) atoms. The van der Waals surface area contributed by atoms with Crippen molar-refractivity contribution in [1.29, 1.82) is 0 Å². The van der Waals surface area contributed by atoms with E-state index in [-0.39, 0.29) is 0 Å². The lowest BCUT2D eigenvalue weighted by atomic mass is 9.89. The van der Waals surface area contributed by atoms with Gasteiger partial charge in [-0.3, -0.25) is 0 Å². The molecule has 2 heterocycles. The minimum absolute atomic E-state index is 0.624. The van der Waals surface area contributed by atoms with Gasteiger partial charge in [-0.15, -0.1) is 6.58 Å². The quantitative estimate of drug-likeness (QED) is 0.202. The third-order valence-corrected chi connectivity index (χ3v) is 6.27. The monoisotopic (exact) mass is 469 g/mol. The molecule has 3 aromatic carbocycles. The Balaban J connectivity index is 1.84. The number of allylic oxidation sites excluding steroid dienone is 2. The van der Waals surface area contributed by atoms with Crippen molar-refractivity contribution in [1.82, 2.24) is 4.57 Å². The second-order valence-electron chi connectivity index (χ2n) is 8.45. The van der Waals surface area contributed by atoms with Crippen molar-refractivity contribution in [3.63, 3.8) is 0 Å². The van der Waals surface area contributed by atoms with E-state index in [9.17, 15) is 13.2 Å². The van der Waals surface area contributed by atoms with Gasteiger partial charge >= 0.3 is 6.18 Å². The fourth-order valence-electron chi connectivity index (χ4n) is 4.75. The van der Waals surface area contributed by atoms with E-state index < -0.39 is 11.7 Å².